The Labute approximate surface area is 179 Å². The summed E-state index contributed by atoms with van der Waals surface area (Å²) in [6.07, 6.45) is -1.20. The third-order valence-electron chi connectivity index (χ3n) is 4.67. The molecule has 0 fully saturated rings. The normalized spacial score (nSPS) is 11.6. The van der Waals surface area contributed by atoms with Gasteiger partial charge >= 0.3 is 6.18 Å². The number of nitrogen functional groups attached to an aromatic ring is 1. The lowest BCUT2D eigenvalue weighted by Crippen LogP contribution is -2.22. The van der Waals surface area contributed by atoms with E-state index in [0.717, 1.165) is 28.5 Å². The molecule has 3 heterocycles. The van der Waals surface area contributed by atoms with Gasteiger partial charge in [0, 0.05) is 36.4 Å². The number of pyridine rings is 2. The number of nitrogens with zero attached hydrogens (tertiary/aromatic N) is 2. The van der Waals surface area contributed by atoms with Crippen LogP contribution in [0.15, 0.2) is 60.9 Å². The number of rotatable bonds is 5. The van der Waals surface area contributed by atoms with Crippen LogP contribution in [-0.4, -0.2) is 15.9 Å². The van der Waals surface area contributed by atoms with Crippen LogP contribution in [0.3, 0.4) is 0 Å². The molecule has 0 spiro atoms. The molecule has 158 valence electrons. The van der Waals surface area contributed by atoms with E-state index in [9.17, 15) is 18.0 Å². The maximum absolute atomic E-state index is 13.8. The molecular formula is C22H17F3N4OS. The van der Waals surface area contributed by atoms with Crippen molar-refractivity contribution in [3.63, 3.8) is 0 Å². The third kappa shape index (κ3) is 4.51. The Morgan fingerprint density at radius 2 is 1.84 bits per heavy atom. The van der Waals surface area contributed by atoms with E-state index in [4.69, 9.17) is 5.73 Å². The number of carbonyl (C=O) groups excluding carboxylic acids is 1. The van der Waals surface area contributed by atoms with E-state index in [1.165, 1.54) is 0 Å². The fraction of sp³-hybridized carbons (Fsp3) is 0.136. The first-order valence-electron chi connectivity index (χ1n) is 9.33. The van der Waals surface area contributed by atoms with Crippen molar-refractivity contribution in [2.24, 2.45) is 0 Å². The Morgan fingerprint density at radius 3 is 2.52 bits per heavy atom. The molecule has 9 heteroatoms. The quantitative estimate of drug-likeness (QED) is 0.465. The van der Waals surface area contributed by atoms with Crippen molar-refractivity contribution in [2.45, 2.75) is 19.1 Å². The van der Waals surface area contributed by atoms with E-state index in [0.29, 0.717) is 0 Å². The van der Waals surface area contributed by atoms with Crippen LogP contribution in [0, 0.1) is 0 Å². The van der Waals surface area contributed by atoms with Crippen LogP contribution in [-0.2, 0) is 19.1 Å². The van der Waals surface area contributed by atoms with Crippen molar-refractivity contribution in [3.05, 3.63) is 88.2 Å². The molecule has 4 rings (SSSR count). The minimum absolute atomic E-state index is 0.00810. The molecule has 0 aliphatic rings. The van der Waals surface area contributed by atoms with E-state index in [1.54, 1.807) is 24.5 Å². The van der Waals surface area contributed by atoms with Crippen LogP contribution in [0.25, 0.3) is 10.2 Å². The number of anilines is 1. The zero-order valence-electron chi connectivity index (χ0n) is 16.1. The molecule has 4 aromatic rings. The van der Waals surface area contributed by atoms with Gasteiger partial charge in [0.05, 0.1) is 11.3 Å². The Bertz CT molecular complexity index is 1220. The first-order valence-corrected chi connectivity index (χ1v) is 10.1. The minimum Gasteiger partial charge on any atom is -0.397 e. The number of hydrogen-bond acceptors (Lipinski definition) is 5. The highest BCUT2D eigenvalue weighted by Crippen LogP contribution is 2.42. The summed E-state index contributed by atoms with van der Waals surface area (Å²) in [4.78, 5) is 21.1. The Kier molecular flexibility index (Phi) is 5.60. The van der Waals surface area contributed by atoms with Crippen LogP contribution < -0.4 is 11.1 Å². The molecule has 0 saturated carbocycles. The van der Waals surface area contributed by atoms with Gasteiger partial charge in [-0.25, -0.2) is 4.98 Å². The average molecular weight is 442 g/mol. The molecule has 0 bridgehead atoms. The monoisotopic (exact) mass is 442 g/mol. The zero-order valence-corrected chi connectivity index (χ0v) is 16.9. The number of thiophene rings is 1. The zero-order chi connectivity index (χ0) is 22.0. The molecule has 0 unspecified atom stereocenters. The Morgan fingerprint density at radius 1 is 1.10 bits per heavy atom. The van der Waals surface area contributed by atoms with Crippen molar-refractivity contribution in [1.29, 1.82) is 0 Å². The van der Waals surface area contributed by atoms with Gasteiger partial charge in [-0.05, 0) is 23.3 Å². The number of fused-ring (bicyclic) bond motifs is 1. The summed E-state index contributed by atoms with van der Waals surface area (Å²) in [7, 11) is 0. The van der Waals surface area contributed by atoms with Crippen molar-refractivity contribution >= 4 is 33.1 Å². The van der Waals surface area contributed by atoms with Gasteiger partial charge in [0.2, 0.25) is 0 Å². The molecule has 5 nitrogen and oxygen atoms in total. The first kappa shape index (κ1) is 20.8. The number of benzene rings is 1. The number of nitrogens with one attached hydrogen (secondary N) is 1. The molecule has 3 N–H and O–H groups in total. The molecule has 3 aromatic heterocycles. The van der Waals surface area contributed by atoms with Crippen LogP contribution in [0.2, 0.25) is 0 Å². The fourth-order valence-electron chi connectivity index (χ4n) is 3.23. The largest absolute Gasteiger partial charge is 0.417 e. The summed E-state index contributed by atoms with van der Waals surface area (Å²) < 4.78 is 41.4. The maximum Gasteiger partial charge on any atom is 0.417 e. The van der Waals surface area contributed by atoms with E-state index >= 15 is 0 Å². The van der Waals surface area contributed by atoms with Crippen LogP contribution in [0.1, 0.15) is 32.1 Å². The molecule has 0 aliphatic heterocycles. The predicted molar refractivity (Wildman–Crippen MR) is 114 cm³/mol. The summed E-state index contributed by atoms with van der Waals surface area (Å²) >= 11 is 0.858. The summed E-state index contributed by atoms with van der Waals surface area (Å²) in [6.45, 7) is 0.180. The molecule has 31 heavy (non-hydrogen) atoms. The maximum atomic E-state index is 13.8. The summed E-state index contributed by atoms with van der Waals surface area (Å²) in [5.41, 5.74) is 6.76. The number of halogens is 3. The third-order valence-corrected chi connectivity index (χ3v) is 5.77. The lowest BCUT2D eigenvalue weighted by molar-refractivity contribution is -0.136. The number of hydrogen-bond donors (Lipinski definition) is 2. The number of nitrogens with two attached hydrogens (primary N) is 1. The Balaban J connectivity index is 1.71. The summed E-state index contributed by atoms with van der Waals surface area (Å²) in [6, 6.07) is 13.6. The smallest absolute Gasteiger partial charge is 0.397 e. The van der Waals surface area contributed by atoms with E-state index in [1.807, 2.05) is 30.3 Å². The van der Waals surface area contributed by atoms with Crippen molar-refractivity contribution in [3.8, 4) is 0 Å². The van der Waals surface area contributed by atoms with Gasteiger partial charge in [0.15, 0.2) is 0 Å². The molecule has 1 aromatic carbocycles. The number of alkyl halides is 3. The number of aromatic nitrogens is 2. The average Bonchev–Trinajstić information content (AvgIpc) is 3.08. The molecule has 0 atom stereocenters. The van der Waals surface area contributed by atoms with Gasteiger partial charge in [0.1, 0.15) is 9.71 Å². The van der Waals surface area contributed by atoms with E-state index in [2.05, 4.69) is 15.3 Å². The van der Waals surface area contributed by atoms with Crippen molar-refractivity contribution < 1.29 is 18.0 Å². The van der Waals surface area contributed by atoms with Gasteiger partial charge in [0.25, 0.3) is 5.91 Å². The second kappa shape index (κ2) is 8.35. The molecule has 1 amide bonds. The standard InChI is InChI=1S/C22H17F3N4OS/c23-22(24,25)16-10-15(9-13-5-2-1-3-6-13)29-21-17(16)18(26)19(31-21)20(30)28-12-14-7-4-8-27-11-14/h1-8,10-11H,9,12,26H2,(H,28,30). The predicted octanol–water partition coefficient (Wildman–Crippen LogP) is 4.81. The van der Waals surface area contributed by atoms with Gasteiger partial charge in [-0.15, -0.1) is 11.3 Å². The highest BCUT2D eigenvalue weighted by Gasteiger charge is 2.36. The number of carbonyl (C=O) groups is 1. The molecular weight excluding hydrogens is 425 g/mol. The first-order chi connectivity index (χ1) is 14.8. The van der Waals surface area contributed by atoms with Gasteiger partial charge < -0.3 is 11.1 Å². The number of amides is 1. The molecule has 0 saturated heterocycles. The van der Waals surface area contributed by atoms with Crippen LogP contribution >= 0.6 is 11.3 Å². The van der Waals surface area contributed by atoms with E-state index < -0.39 is 17.6 Å². The lowest BCUT2D eigenvalue weighted by atomic mass is 10.0. The topological polar surface area (TPSA) is 80.9 Å². The molecule has 0 radical (unpaired) electrons. The van der Waals surface area contributed by atoms with Gasteiger partial charge in [-0.1, -0.05) is 36.4 Å². The highest BCUT2D eigenvalue weighted by atomic mass is 32.1. The lowest BCUT2D eigenvalue weighted by Gasteiger charge is -2.11. The second-order valence-corrected chi connectivity index (χ2v) is 7.89. The van der Waals surface area contributed by atoms with Gasteiger partial charge in [-0.2, -0.15) is 13.2 Å². The second-order valence-electron chi connectivity index (χ2n) is 6.89. The van der Waals surface area contributed by atoms with Gasteiger partial charge in [-0.3, -0.25) is 9.78 Å². The van der Waals surface area contributed by atoms with Crippen LogP contribution in [0.5, 0.6) is 0 Å². The molecule has 0 aliphatic carbocycles. The highest BCUT2D eigenvalue weighted by molar-refractivity contribution is 7.21. The minimum atomic E-state index is -4.63. The van der Waals surface area contributed by atoms with Crippen molar-refractivity contribution in [1.82, 2.24) is 15.3 Å². The fourth-order valence-corrected chi connectivity index (χ4v) is 4.28. The van der Waals surface area contributed by atoms with E-state index in [-0.39, 0.29) is 39.4 Å². The summed E-state index contributed by atoms with van der Waals surface area (Å²) in [5, 5.41) is 2.44. The van der Waals surface area contributed by atoms with Crippen LogP contribution in [0.4, 0.5) is 18.9 Å². The van der Waals surface area contributed by atoms with Crippen molar-refractivity contribution in [2.75, 3.05) is 5.73 Å². The Hall–Kier alpha value is -3.46. The summed E-state index contributed by atoms with van der Waals surface area (Å²) in [5.74, 6) is -0.554. The SMILES string of the molecule is Nc1c(C(=O)NCc2cccnc2)sc2nc(Cc3ccccc3)cc(C(F)(F)F)c12.